The lowest BCUT2D eigenvalue weighted by atomic mass is 9.32. The van der Waals surface area contributed by atoms with Gasteiger partial charge < -0.3 is 65.6 Å². The monoisotopic (exact) mass is 716 g/mol. The van der Waals surface area contributed by atoms with E-state index in [2.05, 4.69) is 0 Å². The van der Waals surface area contributed by atoms with Gasteiger partial charge in [-0.3, -0.25) is 9.59 Å². The number of ether oxygens (including phenoxy) is 2. The summed E-state index contributed by atoms with van der Waals surface area (Å²) < 4.78 is 31.7. The average Bonchev–Trinajstić information content (AvgIpc) is 3.29. The number of fused-ring (bicyclic) bond motifs is 5. The lowest BCUT2D eigenvalue weighted by molar-refractivity contribution is -0.471. The third kappa shape index (κ3) is 4.14. The van der Waals surface area contributed by atoms with Gasteiger partial charge in [0.2, 0.25) is 5.79 Å². The standard InChI is InChI=1S/C34H49FO15/c1-15-8-19-18-5-4-16-9-17(39)6-7-28(16,2)33(18,35)31(13-29(19,3)32(15,47)22(40)12-38,30(46)14-49-20(10-36)24(42)26(30)44)34(48)27(45)25(43)23(41)21(11-37)50-34/h6-7,9,15,18-21,23-27,36-38,41-48H,4-5,8,10-14H2,1-3H3/t15?,18-,19-,20+,21+,23-,24-,25-,26-,27+,28-,29-,30+,31?,32-,33+,34-/m0/s1. The predicted octanol–water partition coefficient (Wildman–Crippen LogP) is -3.47. The van der Waals surface area contributed by atoms with Gasteiger partial charge in [0.15, 0.2) is 11.6 Å². The van der Waals surface area contributed by atoms with Gasteiger partial charge in [0.25, 0.3) is 0 Å². The third-order valence-electron chi connectivity index (χ3n) is 14.1. The van der Waals surface area contributed by atoms with Crippen LogP contribution in [0, 0.1) is 34.0 Å². The van der Waals surface area contributed by atoms with Crippen LogP contribution in [0.15, 0.2) is 23.8 Å². The van der Waals surface area contributed by atoms with E-state index in [4.69, 9.17) is 9.47 Å². The quantitative estimate of drug-likeness (QED) is 0.127. The second kappa shape index (κ2) is 11.9. The molecule has 4 aliphatic carbocycles. The summed E-state index contributed by atoms with van der Waals surface area (Å²) in [5, 5.41) is 126. The molecule has 17 atom stereocenters. The smallest absolute Gasteiger partial charge is 0.207 e. The van der Waals surface area contributed by atoms with E-state index < -0.39 is 144 Å². The number of aliphatic hydroxyl groups excluding tert-OH is 8. The highest BCUT2D eigenvalue weighted by Gasteiger charge is 2.90. The van der Waals surface area contributed by atoms with Crippen LogP contribution in [0.25, 0.3) is 0 Å². The Morgan fingerprint density at radius 1 is 0.940 bits per heavy atom. The zero-order valence-corrected chi connectivity index (χ0v) is 28.1. The van der Waals surface area contributed by atoms with Crippen molar-refractivity contribution in [2.75, 3.05) is 26.4 Å². The Labute approximate surface area is 287 Å². The summed E-state index contributed by atoms with van der Waals surface area (Å²) in [4.78, 5) is 26.4. The second-order valence-electron chi connectivity index (χ2n) is 15.9. The molecule has 3 saturated carbocycles. The van der Waals surface area contributed by atoms with Crippen molar-refractivity contribution >= 4 is 11.6 Å². The van der Waals surface area contributed by atoms with E-state index in [0.29, 0.717) is 0 Å². The Balaban J connectivity index is 1.79. The number of carbonyl (C=O) groups excluding carboxylic acids is 2. The number of halogens is 1. The number of Topliss-reactive ketones (excluding diaryl/α,β-unsaturated/α-hetero) is 1. The minimum atomic E-state index is -3.67. The average molecular weight is 717 g/mol. The van der Waals surface area contributed by atoms with Gasteiger partial charge in [-0.2, -0.15) is 0 Å². The van der Waals surface area contributed by atoms with E-state index in [1.54, 1.807) is 0 Å². The molecule has 0 bridgehead atoms. The summed E-state index contributed by atoms with van der Waals surface area (Å²) in [6.07, 6.45) is -13.1. The van der Waals surface area contributed by atoms with Crippen molar-refractivity contribution in [1.29, 1.82) is 0 Å². The molecule has 50 heavy (non-hydrogen) atoms. The van der Waals surface area contributed by atoms with Crippen LogP contribution in [0.4, 0.5) is 4.39 Å². The first-order valence-corrected chi connectivity index (χ1v) is 17.0. The Kier molecular flexibility index (Phi) is 9.01. The van der Waals surface area contributed by atoms with Crippen molar-refractivity contribution in [3.63, 3.8) is 0 Å². The number of carbonyl (C=O) groups is 2. The lowest BCUT2D eigenvalue weighted by Gasteiger charge is -2.75. The third-order valence-corrected chi connectivity index (χ3v) is 14.1. The van der Waals surface area contributed by atoms with Gasteiger partial charge in [0.1, 0.15) is 66.2 Å². The summed E-state index contributed by atoms with van der Waals surface area (Å²) in [5.41, 5.74) is -16.1. The number of allylic oxidation sites excluding steroid dienone is 4. The molecule has 0 aromatic carbocycles. The molecule has 0 amide bonds. The molecule has 15 nitrogen and oxygen atoms in total. The van der Waals surface area contributed by atoms with Gasteiger partial charge in [-0.15, -0.1) is 0 Å². The van der Waals surface area contributed by atoms with Gasteiger partial charge in [-0.25, -0.2) is 4.39 Å². The number of alkyl halides is 1. The van der Waals surface area contributed by atoms with Crippen molar-refractivity contribution in [2.45, 2.75) is 112 Å². The van der Waals surface area contributed by atoms with Gasteiger partial charge >= 0.3 is 0 Å². The summed E-state index contributed by atoms with van der Waals surface area (Å²) in [6.45, 7) is -0.0754. The van der Waals surface area contributed by atoms with E-state index in [9.17, 15) is 65.8 Å². The fourth-order valence-electron chi connectivity index (χ4n) is 11.6. The fourth-order valence-corrected chi connectivity index (χ4v) is 11.6. The number of ketones is 2. The molecular weight excluding hydrogens is 667 g/mol. The maximum absolute atomic E-state index is 20.2. The fraction of sp³-hybridized carbons (Fsp3) is 0.824. The number of rotatable bonds is 6. The normalized spacial score (nSPS) is 56.3. The first kappa shape index (κ1) is 38.0. The van der Waals surface area contributed by atoms with E-state index in [1.165, 1.54) is 32.9 Å². The minimum Gasteiger partial charge on any atom is -0.394 e. The Bertz CT molecular complexity index is 1470. The van der Waals surface area contributed by atoms with Crippen molar-refractivity contribution in [3.05, 3.63) is 23.8 Å². The summed E-state index contributed by atoms with van der Waals surface area (Å²) in [6, 6.07) is 0. The zero-order chi connectivity index (χ0) is 37.2. The molecule has 282 valence electrons. The number of hydrogen-bond donors (Lipinski definition) is 11. The number of hydrogen-bond acceptors (Lipinski definition) is 15. The zero-order valence-electron chi connectivity index (χ0n) is 28.1. The molecular formula is C34H49FO15. The van der Waals surface area contributed by atoms with Gasteiger partial charge in [-0.05, 0) is 62.5 Å². The van der Waals surface area contributed by atoms with Crippen molar-refractivity contribution in [2.24, 2.45) is 34.0 Å². The molecule has 2 unspecified atom stereocenters. The van der Waals surface area contributed by atoms with Crippen LogP contribution in [-0.4, -0.2) is 160 Å². The Hall–Kier alpha value is -1.77. The highest BCUT2D eigenvalue weighted by atomic mass is 19.1. The largest absolute Gasteiger partial charge is 0.394 e. The van der Waals surface area contributed by atoms with Crippen LogP contribution in [0.3, 0.4) is 0 Å². The van der Waals surface area contributed by atoms with E-state index in [-0.39, 0.29) is 24.8 Å². The van der Waals surface area contributed by atoms with Gasteiger partial charge in [-0.1, -0.05) is 25.5 Å². The molecule has 0 spiro atoms. The van der Waals surface area contributed by atoms with E-state index >= 15 is 4.39 Å². The predicted molar refractivity (Wildman–Crippen MR) is 165 cm³/mol. The summed E-state index contributed by atoms with van der Waals surface area (Å²) >= 11 is 0. The van der Waals surface area contributed by atoms with Crippen LogP contribution >= 0.6 is 0 Å². The summed E-state index contributed by atoms with van der Waals surface area (Å²) in [7, 11) is 0. The van der Waals surface area contributed by atoms with Crippen LogP contribution < -0.4 is 0 Å². The van der Waals surface area contributed by atoms with Crippen LogP contribution in [0.1, 0.15) is 46.5 Å². The molecule has 6 aliphatic rings. The molecule has 2 aliphatic heterocycles. The van der Waals surface area contributed by atoms with Crippen molar-refractivity contribution in [3.8, 4) is 0 Å². The minimum absolute atomic E-state index is 0.0158. The topological polar surface area (TPSA) is 275 Å². The molecule has 11 N–H and O–H groups in total. The highest BCUT2D eigenvalue weighted by Crippen LogP contribution is 2.80. The molecule has 2 heterocycles. The first-order chi connectivity index (χ1) is 23.2. The SMILES string of the molecule is CC1C[C@H]2[C@@H]3CCC4=CC(=O)C=C[C@]4(C)[C@@]3(F)C([C@@]3(O)CO[C@H](CO)[C@H](O)[C@@H]3O)([C@@]3(O)O[C@H](CO)[C@H](O)[C@H](O)[C@H]3O)C[C@]2(C)[C@@]1(O)C(=O)CO. The first-order valence-electron chi connectivity index (χ1n) is 17.0. The van der Waals surface area contributed by atoms with Crippen LogP contribution in [-0.2, 0) is 19.1 Å². The van der Waals surface area contributed by atoms with E-state index in [0.717, 1.165) is 6.08 Å². The van der Waals surface area contributed by atoms with Crippen LogP contribution in [0.2, 0.25) is 0 Å². The lowest BCUT2D eigenvalue weighted by Crippen LogP contribution is -2.89. The van der Waals surface area contributed by atoms with Crippen LogP contribution in [0.5, 0.6) is 0 Å². The summed E-state index contributed by atoms with van der Waals surface area (Å²) in [5.74, 6) is -8.62. The van der Waals surface area contributed by atoms with Gasteiger partial charge in [0, 0.05) is 10.8 Å². The maximum atomic E-state index is 20.2. The molecule has 0 aromatic heterocycles. The van der Waals surface area contributed by atoms with Gasteiger partial charge in [0.05, 0.1) is 25.2 Å². The number of aliphatic hydroxyl groups is 11. The van der Waals surface area contributed by atoms with E-state index in [1.807, 2.05) is 0 Å². The molecule has 16 heteroatoms. The molecule has 2 saturated heterocycles. The maximum Gasteiger partial charge on any atom is 0.207 e. The Morgan fingerprint density at radius 2 is 1.58 bits per heavy atom. The molecule has 6 rings (SSSR count). The second-order valence-corrected chi connectivity index (χ2v) is 15.9. The highest BCUT2D eigenvalue weighted by molar-refractivity contribution is 6.01. The molecule has 0 aromatic rings. The molecule has 5 fully saturated rings. The van der Waals surface area contributed by atoms with Crippen molar-refractivity contribution < 1.29 is 79.6 Å². The van der Waals surface area contributed by atoms with Crippen molar-refractivity contribution in [1.82, 2.24) is 0 Å². The molecule has 0 radical (unpaired) electrons. The Morgan fingerprint density at radius 3 is 2.18 bits per heavy atom.